The molecule has 0 bridgehead atoms. The fraction of sp³-hybridized carbons (Fsp3) is 0.0556. The van der Waals surface area contributed by atoms with E-state index in [1.165, 1.54) is 0 Å². The van der Waals surface area contributed by atoms with E-state index in [2.05, 4.69) is 9.97 Å². The van der Waals surface area contributed by atoms with E-state index in [0.29, 0.717) is 11.1 Å². The lowest BCUT2D eigenvalue weighted by Crippen LogP contribution is -2.07. The lowest BCUT2D eigenvalue weighted by Gasteiger charge is -2.13. The quantitative estimate of drug-likeness (QED) is 0.746. The number of hydrogen-bond donors (Lipinski definition) is 2. The molecule has 1 aromatic heterocycles. The normalized spacial score (nSPS) is 10.3. The highest BCUT2D eigenvalue weighted by molar-refractivity contribution is 5.75. The van der Waals surface area contributed by atoms with E-state index >= 15 is 0 Å². The molecule has 0 saturated carbocycles. The van der Waals surface area contributed by atoms with Gasteiger partial charge in [-0.15, -0.1) is 0 Å². The zero-order chi connectivity index (χ0) is 18.7. The highest BCUT2D eigenvalue weighted by Gasteiger charge is 2.16. The third-order valence-electron chi connectivity index (χ3n) is 3.62. The Bertz CT molecular complexity index is 1020. The number of aromatic nitrogens is 2. The third-order valence-corrected chi connectivity index (χ3v) is 3.62. The molecule has 0 aliphatic rings. The van der Waals surface area contributed by atoms with Crippen LogP contribution in [0.25, 0.3) is 11.3 Å². The molecule has 0 unspecified atom stereocenters. The van der Waals surface area contributed by atoms with Crippen LogP contribution < -0.4 is 16.2 Å². The van der Waals surface area contributed by atoms with Crippen LogP contribution in [0.15, 0.2) is 42.5 Å². The molecule has 2 aromatic carbocycles. The van der Waals surface area contributed by atoms with Gasteiger partial charge in [0.15, 0.2) is 11.6 Å². The van der Waals surface area contributed by atoms with Crippen LogP contribution in [0.1, 0.15) is 11.1 Å². The van der Waals surface area contributed by atoms with Crippen LogP contribution in [0.3, 0.4) is 0 Å². The Morgan fingerprint density at radius 3 is 2.62 bits per heavy atom. The Labute approximate surface area is 147 Å². The number of benzene rings is 2. The van der Waals surface area contributed by atoms with Crippen molar-refractivity contribution in [2.75, 3.05) is 11.5 Å². The first-order valence-electron chi connectivity index (χ1n) is 7.49. The Kier molecular flexibility index (Phi) is 4.62. The van der Waals surface area contributed by atoms with Crippen molar-refractivity contribution in [2.24, 2.45) is 0 Å². The first-order valence-corrected chi connectivity index (χ1v) is 7.49. The maximum absolute atomic E-state index is 13.7. The number of nitriles is 1. The lowest BCUT2D eigenvalue weighted by molar-refractivity contribution is 0.289. The fourth-order valence-electron chi connectivity index (χ4n) is 2.42. The first kappa shape index (κ1) is 17.1. The molecule has 0 radical (unpaired) electrons. The summed E-state index contributed by atoms with van der Waals surface area (Å²) < 4.78 is 32.4. The van der Waals surface area contributed by atoms with Gasteiger partial charge in [-0.05, 0) is 17.7 Å². The van der Waals surface area contributed by atoms with E-state index in [0.717, 1.165) is 18.2 Å². The van der Waals surface area contributed by atoms with Gasteiger partial charge in [0.1, 0.15) is 29.9 Å². The van der Waals surface area contributed by atoms with Crippen LogP contribution >= 0.6 is 0 Å². The van der Waals surface area contributed by atoms with Crippen LogP contribution in [0, 0.1) is 23.0 Å². The van der Waals surface area contributed by atoms with E-state index in [-0.39, 0.29) is 35.4 Å². The van der Waals surface area contributed by atoms with Crippen LogP contribution in [0.2, 0.25) is 0 Å². The molecule has 130 valence electrons. The summed E-state index contributed by atoms with van der Waals surface area (Å²) in [5.41, 5.74) is 12.8. The Morgan fingerprint density at radius 2 is 1.85 bits per heavy atom. The number of hydrogen-bond acceptors (Lipinski definition) is 6. The average Bonchev–Trinajstić information content (AvgIpc) is 2.62. The summed E-state index contributed by atoms with van der Waals surface area (Å²) in [7, 11) is 0. The SMILES string of the molecule is N#Cc1c(N)nc(N)nc1-c1ccccc1COc1cc(F)ccc1F. The zero-order valence-corrected chi connectivity index (χ0v) is 13.4. The molecule has 6 nitrogen and oxygen atoms in total. The van der Waals surface area contributed by atoms with E-state index < -0.39 is 11.6 Å². The van der Waals surface area contributed by atoms with Crippen molar-refractivity contribution in [3.8, 4) is 23.1 Å². The summed E-state index contributed by atoms with van der Waals surface area (Å²) in [4.78, 5) is 7.87. The van der Waals surface area contributed by atoms with Gasteiger partial charge in [0.2, 0.25) is 5.95 Å². The molecule has 0 aliphatic carbocycles. The van der Waals surface area contributed by atoms with Crippen LogP contribution in [0.4, 0.5) is 20.5 Å². The number of anilines is 2. The van der Waals surface area contributed by atoms with Gasteiger partial charge < -0.3 is 16.2 Å². The van der Waals surface area contributed by atoms with Crippen LogP contribution in [-0.4, -0.2) is 9.97 Å². The second kappa shape index (κ2) is 7.03. The van der Waals surface area contributed by atoms with Crippen molar-refractivity contribution in [2.45, 2.75) is 6.61 Å². The fourth-order valence-corrected chi connectivity index (χ4v) is 2.42. The topological polar surface area (TPSA) is 111 Å². The summed E-state index contributed by atoms with van der Waals surface area (Å²) >= 11 is 0. The second-order valence-electron chi connectivity index (χ2n) is 5.32. The highest BCUT2D eigenvalue weighted by atomic mass is 19.1. The van der Waals surface area contributed by atoms with Crippen molar-refractivity contribution in [1.29, 1.82) is 5.26 Å². The average molecular weight is 353 g/mol. The second-order valence-corrected chi connectivity index (χ2v) is 5.32. The molecule has 0 atom stereocenters. The van der Waals surface area contributed by atoms with Crippen LogP contribution in [0.5, 0.6) is 5.75 Å². The third kappa shape index (κ3) is 3.37. The lowest BCUT2D eigenvalue weighted by atomic mass is 10.0. The molecular weight excluding hydrogens is 340 g/mol. The molecule has 4 N–H and O–H groups in total. The molecule has 0 amide bonds. The van der Waals surface area contributed by atoms with Gasteiger partial charge in [-0.1, -0.05) is 24.3 Å². The summed E-state index contributed by atoms with van der Waals surface area (Å²) in [6.45, 7) is -0.0781. The van der Waals surface area contributed by atoms with E-state index in [9.17, 15) is 14.0 Å². The predicted octanol–water partition coefficient (Wildman–Crippen LogP) is 3.04. The van der Waals surface area contributed by atoms with Gasteiger partial charge in [0, 0.05) is 11.6 Å². The monoisotopic (exact) mass is 353 g/mol. The van der Waals surface area contributed by atoms with Crippen molar-refractivity contribution in [3.05, 3.63) is 65.2 Å². The maximum Gasteiger partial charge on any atom is 0.222 e. The van der Waals surface area contributed by atoms with Gasteiger partial charge in [-0.3, -0.25) is 0 Å². The number of nitrogens with zero attached hydrogens (tertiary/aromatic N) is 3. The number of halogens is 2. The van der Waals surface area contributed by atoms with E-state index in [1.807, 2.05) is 6.07 Å². The van der Waals surface area contributed by atoms with Crippen molar-refractivity contribution in [1.82, 2.24) is 9.97 Å². The van der Waals surface area contributed by atoms with Gasteiger partial charge in [-0.25, -0.2) is 13.8 Å². The largest absolute Gasteiger partial charge is 0.486 e. The minimum Gasteiger partial charge on any atom is -0.486 e. The molecule has 8 heteroatoms. The Morgan fingerprint density at radius 1 is 1.08 bits per heavy atom. The highest BCUT2D eigenvalue weighted by Crippen LogP contribution is 2.29. The molecule has 0 aliphatic heterocycles. The molecule has 26 heavy (non-hydrogen) atoms. The van der Waals surface area contributed by atoms with Crippen LogP contribution in [-0.2, 0) is 6.61 Å². The van der Waals surface area contributed by atoms with Gasteiger partial charge in [0.25, 0.3) is 0 Å². The van der Waals surface area contributed by atoms with E-state index in [1.54, 1.807) is 24.3 Å². The Hall–Kier alpha value is -3.73. The predicted molar refractivity (Wildman–Crippen MR) is 91.7 cm³/mol. The summed E-state index contributed by atoms with van der Waals surface area (Å²) in [5, 5.41) is 9.34. The molecule has 3 aromatic rings. The van der Waals surface area contributed by atoms with Gasteiger partial charge in [0.05, 0.1) is 5.69 Å². The molecule has 0 saturated heterocycles. The summed E-state index contributed by atoms with van der Waals surface area (Å²) in [6, 6.07) is 11.8. The minimum absolute atomic E-state index is 0.0399. The zero-order valence-electron chi connectivity index (χ0n) is 13.4. The molecule has 3 rings (SSSR count). The van der Waals surface area contributed by atoms with Gasteiger partial charge >= 0.3 is 0 Å². The number of rotatable bonds is 4. The minimum atomic E-state index is -0.683. The van der Waals surface area contributed by atoms with E-state index in [4.69, 9.17) is 16.2 Å². The smallest absolute Gasteiger partial charge is 0.222 e. The molecule has 0 spiro atoms. The standard InChI is InChI=1S/C18H13F2N5O/c19-11-5-6-14(20)15(7-11)26-9-10-3-1-2-4-12(10)16-13(8-21)17(22)25-18(23)24-16/h1-7H,9H2,(H4,22,23,24,25). The van der Waals surface area contributed by atoms with Gasteiger partial charge in [-0.2, -0.15) is 10.2 Å². The summed E-state index contributed by atoms with van der Waals surface area (Å²) in [6.07, 6.45) is 0. The number of ether oxygens (including phenoxy) is 1. The Balaban J connectivity index is 2.00. The molecular formula is C18H13F2N5O. The molecule has 1 heterocycles. The first-order chi connectivity index (χ1) is 12.5. The van der Waals surface area contributed by atoms with Crippen molar-refractivity contribution >= 4 is 11.8 Å². The number of nitrogens with two attached hydrogens (primary N) is 2. The van der Waals surface area contributed by atoms with Crippen molar-refractivity contribution < 1.29 is 13.5 Å². The maximum atomic E-state index is 13.7. The summed E-state index contributed by atoms with van der Waals surface area (Å²) in [5.74, 6) is -1.64. The van der Waals surface area contributed by atoms with Crippen molar-refractivity contribution in [3.63, 3.8) is 0 Å². The molecule has 0 fully saturated rings. The number of nitrogen functional groups attached to an aromatic ring is 2.